The third-order valence-electron chi connectivity index (χ3n) is 2.45. The van der Waals surface area contributed by atoms with Crippen LogP contribution in [-0.4, -0.2) is 11.6 Å². The number of urea groups is 1. The molecule has 0 aliphatic rings. The van der Waals surface area contributed by atoms with E-state index in [1.807, 2.05) is 6.07 Å². The molecular formula is C12H14FN3O. The summed E-state index contributed by atoms with van der Waals surface area (Å²) >= 11 is 0. The molecule has 0 saturated carbocycles. The number of nitrogens with one attached hydrogen (secondary N) is 2. The Morgan fingerprint density at radius 3 is 2.53 bits per heavy atom. The molecular weight excluding hydrogens is 221 g/mol. The Morgan fingerprint density at radius 2 is 2.06 bits per heavy atom. The Labute approximate surface area is 99.4 Å². The van der Waals surface area contributed by atoms with Crippen molar-refractivity contribution in [2.45, 2.75) is 25.8 Å². The average Bonchev–Trinajstić information content (AvgIpc) is 2.32. The molecule has 1 aromatic rings. The number of rotatable bonds is 3. The van der Waals surface area contributed by atoms with Crippen LogP contribution in [0.3, 0.4) is 0 Å². The molecule has 5 heteroatoms. The van der Waals surface area contributed by atoms with E-state index in [9.17, 15) is 9.18 Å². The van der Waals surface area contributed by atoms with Crippen molar-refractivity contribution in [2.75, 3.05) is 5.32 Å². The second-order valence-electron chi connectivity index (χ2n) is 3.88. The Hall–Kier alpha value is -2.09. The van der Waals surface area contributed by atoms with Crippen LogP contribution in [0.15, 0.2) is 24.3 Å². The van der Waals surface area contributed by atoms with Gasteiger partial charge in [-0.2, -0.15) is 5.26 Å². The highest BCUT2D eigenvalue weighted by atomic mass is 19.1. The van der Waals surface area contributed by atoms with Crippen molar-refractivity contribution >= 4 is 11.7 Å². The number of amides is 2. The van der Waals surface area contributed by atoms with Crippen molar-refractivity contribution in [3.8, 4) is 6.07 Å². The lowest BCUT2D eigenvalue weighted by Crippen LogP contribution is -2.46. The normalized spacial score (nSPS) is 13.3. The topological polar surface area (TPSA) is 64.9 Å². The van der Waals surface area contributed by atoms with Gasteiger partial charge in [0.15, 0.2) is 0 Å². The lowest BCUT2D eigenvalue weighted by atomic mass is 10.0. The first kappa shape index (κ1) is 13.0. The summed E-state index contributed by atoms with van der Waals surface area (Å²) in [5.41, 5.74) is -0.426. The summed E-state index contributed by atoms with van der Waals surface area (Å²) in [6.07, 6.45) is 0.500. The number of hydrogen-bond acceptors (Lipinski definition) is 2. The van der Waals surface area contributed by atoms with Crippen molar-refractivity contribution in [2.24, 2.45) is 0 Å². The summed E-state index contributed by atoms with van der Waals surface area (Å²) in [5.74, 6) is -0.369. The fourth-order valence-corrected chi connectivity index (χ4v) is 1.14. The van der Waals surface area contributed by atoms with Crippen LogP contribution in [-0.2, 0) is 0 Å². The van der Waals surface area contributed by atoms with E-state index >= 15 is 0 Å². The van der Waals surface area contributed by atoms with Gasteiger partial charge in [0.2, 0.25) is 0 Å². The highest BCUT2D eigenvalue weighted by Gasteiger charge is 2.23. The van der Waals surface area contributed by atoms with Gasteiger partial charge in [0.05, 0.1) is 6.07 Å². The van der Waals surface area contributed by atoms with Crippen LogP contribution in [0.5, 0.6) is 0 Å². The SMILES string of the molecule is CCC(C)(C#N)NC(=O)Nc1ccc(F)cc1. The van der Waals surface area contributed by atoms with Crippen LogP contribution in [0.25, 0.3) is 0 Å². The monoisotopic (exact) mass is 235 g/mol. The molecule has 0 aromatic heterocycles. The van der Waals surface area contributed by atoms with E-state index in [1.54, 1.807) is 13.8 Å². The molecule has 4 nitrogen and oxygen atoms in total. The predicted molar refractivity (Wildman–Crippen MR) is 62.9 cm³/mol. The van der Waals surface area contributed by atoms with Gasteiger partial charge in [-0.05, 0) is 37.6 Å². The fraction of sp³-hybridized carbons (Fsp3) is 0.333. The number of nitrogens with zero attached hydrogens (tertiary/aromatic N) is 1. The van der Waals surface area contributed by atoms with Gasteiger partial charge >= 0.3 is 6.03 Å². The minimum absolute atomic E-state index is 0.369. The van der Waals surface area contributed by atoms with Crippen LogP contribution in [0.2, 0.25) is 0 Å². The maximum absolute atomic E-state index is 12.6. The van der Waals surface area contributed by atoms with Gasteiger partial charge in [-0.15, -0.1) is 0 Å². The number of carbonyl (C=O) groups excluding carboxylic acids is 1. The third kappa shape index (κ3) is 3.76. The van der Waals surface area contributed by atoms with Gasteiger partial charge in [-0.25, -0.2) is 9.18 Å². The number of nitriles is 1. The van der Waals surface area contributed by atoms with Crippen molar-refractivity contribution in [3.63, 3.8) is 0 Å². The number of benzene rings is 1. The molecule has 0 aliphatic carbocycles. The smallest absolute Gasteiger partial charge is 0.320 e. The Bertz CT molecular complexity index is 438. The van der Waals surface area contributed by atoms with E-state index in [1.165, 1.54) is 24.3 Å². The van der Waals surface area contributed by atoms with Gasteiger partial charge in [0.1, 0.15) is 11.4 Å². The maximum atomic E-state index is 12.6. The molecule has 2 amide bonds. The van der Waals surface area contributed by atoms with Crippen molar-refractivity contribution in [1.29, 1.82) is 5.26 Å². The maximum Gasteiger partial charge on any atom is 0.320 e. The molecule has 0 heterocycles. The van der Waals surface area contributed by atoms with Crippen LogP contribution < -0.4 is 10.6 Å². The highest BCUT2D eigenvalue weighted by molar-refractivity contribution is 5.89. The Kier molecular flexibility index (Phi) is 4.05. The van der Waals surface area contributed by atoms with Crippen LogP contribution in [0.1, 0.15) is 20.3 Å². The average molecular weight is 235 g/mol. The molecule has 1 atom stereocenters. The summed E-state index contributed by atoms with van der Waals surface area (Å²) < 4.78 is 12.6. The molecule has 0 aliphatic heterocycles. The van der Waals surface area contributed by atoms with Crippen molar-refractivity contribution < 1.29 is 9.18 Å². The van der Waals surface area contributed by atoms with Gasteiger partial charge < -0.3 is 10.6 Å². The van der Waals surface area contributed by atoms with Crippen molar-refractivity contribution in [1.82, 2.24) is 5.32 Å². The van der Waals surface area contributed by atoms with Gasteiger partial charge in [0.25, 0.3) is 0 Å². The lowest BCUT2D eigenvalue weighted by molar-refractivity contribution is 0.244. The van der Waals surface area contributed by atoms with Gasteiger partial charge in [-0.3, -0.25) is 0 Å². The molecule has 1 unspecified atom stereocenters. The first-order valence-electron chi connectivity index (χ1n) is 5.25. The number of hydrogen-bond donors (Lipinski definition) is 2. The minimum Gasteiger partial charge on any atom is -0.320 e. The van der Waals surface area contributed by atoms with E-state index in [2.05, 4.69) is 10.6 Å². The minimum atomic E-state index is -0.899. The van der Waals surface area contributed by atoms with Crippen LogP contribution in [0.4, 0.5) is 14.9 Å². The number of carbonyl (C=O) groups is 1. The van der Waals surface area contributed by atoms with Crippen LogP contribution >= 0.6 is 0 Å². The fourth-order valence-electron chi connectivity index (χ4n) is 1.14. The van der Waals surface area contributed by atoms with E-state index in [4.69, 9.17) is 5.26 Å². The zero-order valence-electron chi connectivity index (χ0n) is 9.75. The summed E-state index contributed by atoms with van der Waals surface area (Å²) in [7, 11) is 0. The standard InChI is InChI=1S/C12H14FN3O/c1-3-12(2,8-14)16-11(17)15-10-6-4-9(13)5-7-10/h4-7H,3H2,1-2H3,(H2,15,16,17). The lowest BCUT2D eigenvalue weighted by Gasteiger charge is -2.21. The molecule has 90 valence electrons. The highest BCUT2D eigenvalue weighted by Crippen LogP contribution is 2.10. The Morgan fingerprint density at radius 1 is 1.47 bits per heavy atom. The zero-order chi connectivity index (χ0) is 12.9. The molecule has 0 spiro atoms. The number of halogens is 1. The zero-order valence-corrected chi connectivity index (χ0v) is 9.75. The van der Waals surface area contributed by atoms with Gasteiger partial charge in [0, 0.05) is 5.69 Å². The molecule has 1 aromatic carbocycles. The predicted octanol–water partition coefficient (Wildman–Crippen LogP) is 2.64. The van der Waals surface area contributed by atoms with Crippen molar-refractivity contribution in [3.05, 3.63) is 30.1 Å². The molecule has 0 bridgehead atoms. The first-order valence-corrected chi connectivity index (χ1v) is 5.25. The summed E-state index contributed by atoms with van der Waals surface area (Å²) in [6, 6.07) is 6.93. The molecule has 2 N–H and O–H groups in total. The Balaban J connectivity index is 2.62. The van der Waals surface area contributed by atoms with E-state index < -0.39 is 11.6 Å². The molecule has 0 radical (unpaired) electrons. The van der Waals surface area contributed by atoms with Gasteiger partial charge in [-0.1, -0.05) is 6.92 Å². The third-order valence-corrected chi connectivity index (χ3v) is 2.45. The van der Waals surface area contributed by atoms with E-state index in [0.717, 1.165) is 0 Å². The second kappa shape index (κ2) is 5.30. The largest absolute Gasteiger partial charge is 0.320 e. The summed E-state index contributed by atoms with van der Waals surface area (Å²) in [4.78, 5) is 11.6. The quantitative estimate of drug-likeness (QED) is 0.845. The molecule has 0 fully saturated rings. The van der Waals surface area contributed by atoms with E-state index in [0.29, 0.717) is 12.1 Å². The molecule has 17 heavy (non-hydrogen) atoms. The van der Waals surface area contributed by atoms with E-state index in [-0.39, 0.29) is 5.82 Å². The number of anilines is 1. The molecule has 1 rings (SSSR count). The van der Waals surface area contributed by atoms with Crippen LogP contribution in [0, 0.1) is 17.1 Å². The second-order valence-corrected chi connectivity index (χ2v) is 3.88. The first-order chi connectivity index (χ1) is 7.99. The summed E-state index contributed by atoms with van der Waals surface area (Å²) in [5, 5.41) is 14.0. The summed E-state index contributed by atoms with van der Waals surface area (Å²) in [6.45, 7) is 3.44. The molecule has 0 saturated heterocycles.